The van der Waals surface area contributed by atoms with E-state index in [1.54, 1.807) is 24.3 Å². The van der Waals surface area contributed by atoms with Gasteiger partial charge in [0.05, 0.1) is 0 Å². The van der Waals surface area contributed by atoms with Crippen LogP contribution in [0.15, 0.2) is 97.1 Å². The highest BCUT2D eigenvalue weighted by atomic mass is 19.1. The Morgan fingerprint density at radius 2 is 1.49 bits per heavy atom. The van der Waals surface area contributed by atoms with Crippen LogP contribution in [0.3, 0.4) is 0 Å². The lowest BCUT2D eigenvalue weighted by Gasteiger charge is -2.33. The van der Waals surface area contributed by atoms with Crippen molar-refractivity contribution in [3.8, 4) is 0 Å². The standard InChI is InChI=1S/C27H29FN2O.C7H6O/c28-24-10-8-21(9-11-24)22-13-15-29(16-14-22)18-20-12-17-30(19-20)27(31)26-7-3-5-23-4-1-2-6-25(23)26;8-6-7-4-2-1-3-5-7/h1-11,20,22H,12-19H2;1-6H/t20-;/m1./s1. The van der Waals surface area contributed by atoms with Crippen LogP contribution in [0.1, 0.15) is 51.5 Å². The van der Waals surface area contributed by atoms with Crippen molar-refractivity contribution >= 4 is 23.0 Å². The molecular formula is C34H35FN2O2. The molecular weight excluding hydrogens is 487 g/mol. The number of hydrogen-bond donors (Lipinski definition) is 0. The molecule has 4 nitrogen and oxygen atoms in total. The van der Waals surface area contributed by atoms with Crippen LogP contribution in [0.4, 0.5) is 4.39 Å². The van der Waals surface area contributed by atoms with Crippen molar-refractivity contribution in [2.45, 2.75) is 25.2 Å². The summed E-state index contributed by atoms with van der Waals surface area (Å²) in [5.74, 6) is 1.07. The van der Waals surface area contributed by atoms with Gasteiger partial charge < -0.3 is 9.80 Å². The van der Waals surface area contributed by atoms with Gasteiger partial charge >= 0.3 is 0 Å². The molecule has 0 unspecified atom stereocenters. The lowest BCUT2D eigenvalue weighted by atomic mass is 9.89. The fourth-order valence-electron chi connectivity index (χ4n) is 5.83. The number of benzene rings is 4. The molecule has 1 atom stereocenters. The van der Waals surface area contributed by atoms with E-state index in [9.17, 15) is 14.0 Å². The molecule has 200 valence electrons. The van der Waals surface area contributed by atoms with Gasteiger partial charge in [-0.15, -0.1) is 0 Å². The Balaban J connectivity index is 0.000000332. The van der Waals surface area contributed by atoms with E-state index < -0.39 is 0 Å². The van der Waals surface area contributed by atoms with Gasteiger partial charge in [-0.05, 0) is 78.7 Å². The zero-order chi connectivity index (χ0) is 27.0. The smallest absolute Gasteiger partial charge is 0.254 e. The third-order valence-electron chi connectivity index (χ3n) is 7.97. The van der Waals surface area contributed by atoms with Crippen molar-refractivity contribution < 1.29 is 14.0 Å². The van der Waals surface area contributed by atoms with Gasteiger partial charge in [0.1, 0.15) is 12.1 Å². The summed E-state index contributed by atoms with van der Waals surface area (Å²) in [6.45, 7) is 4.92. The third kappa shape index (κ3) is 6.79. The van der Waals surface area contributed by atoms with Crippen molar-refractivity contribution in [2.75, 3.05) is 32.7 Å². The highest BCUT2D eigenvalue weighted by molar-refractivity contribution is 6.07. The fourth-order valence-corrected chi connectivity index (χ4v) is 5.83. The quantitative estimate of drug-likeness (QED) is 0.270. The minimum absolute atomic E-state index is 0.161. The number of fused-ring (bicyclic) bond motifs is 1. The molecule has 39 heavy (non-hydrogen) atoms. The van der Waals surface area contributed by atoms with Gasteiger partial charge in [0.25, 0.3) is 5.91 Å². The Morgan fingerprint density at radius 3 is 2.21 bits per heavy atom. The van der Waals surface area contributed by atoms with Crippen molar-refractivity contribution in [1.29, 1.82) is 0 Å². The zero-order valence-corrected chi connectivity index (χ0v) is 22.2. The number of nitrogens with zero attached hydrogens (tertiary/aromatic N) is 2. The Labute approximate surface area is 230 Å². The van der Waals surface area contributed by atoms with Crippen LogP contribution in [0.2, 0.25) is 0 Å². The number of carbonyl (C=O) groups is 2. The number of amides is 1. The van der Waals surface area contributed by atoms with Crippen LogP contribution < -0.4 is 0 Å². The van der Waals surface area contributed by atoms with Crippen molar-refractivity contribution in [3.05, 3.63) is 120 Å². The Hall–Kier alpha value is -3.83. The number of rotatable bonds is 5. The topological polar surface area (TPSA) is 40.6 Å². The van der Waals surface area contributed by atoms with E-state index in [0.29, 0.717) is 11.8 Å². The molecule has 2 fully saturated rings. The van der Waals surface area contributed by atoms with E-state index in [0.717, 1.165) is 80.2 Å². The first-order valence-electron chi connectivity index (χ1n) is 13.9. The van der Waals surface area contributed by atoms with E-state index in [1.165, 1.54) is 5.56 Å². The summed E-state index contributed by atoms with van der Waals surface area (Å²) >= 11 is 0. The first-order chi connectivity index (χ1) is 19.1. The average molecular weight is 523 g/mol. The molecule has 0 spiro atoms. The second kappa shape index (κ2) is 12.8. The Morgan fingerprint density at radius 1 is 0.795 bits per heavy atom. The van der Waals surface area contributed by atoms with Crippen molar-refractivity contribution in [2.24, 2.45) is 5.92 Å². The predicted octanol–water partition coefficient (Wildman–Crippen LogP) is 6.82. The summed E-state index contributed by atoms with van der Waals surface area (Å²) in [6.07, 6.45) is 4.16. The maximum Gasteiger partial charge on any atom is 0.254 e. The predicted molar refractivity (Wildman–Crippen MR) is 155 cm³/mol. The highest BCUT2D eigenvalue weighted by Crippen LogP contribution is 2.30. The lowest BCUT2D eigenvalue weighted by Crippen LogP contribution is -2.37. The Bertz CT molecular complexity index is 1380. The second-order valence-electron chi connectivity index (χ2n) is 10.6. The number of halogens is 1. The van der Waals surface area contributed by atoms with Crippen LogP contribution in [0.25, 0.3) is 10.8 Å². The second-order valence-corrected chi connectivity index (χ2v) is 10.6. The fraction of sp³-hybridized carbons (Fsp3) is 0.294. The largest absolute Gasteiger partial charge is 0.338 e. The molecule has 0 saturated carbocycles. The van der Waals surface area contributed by atoms with E-state index in [4.69, 9.17) is 0 Å². The molecule has 6 rings (SSSR count). The first kappa shape index (κ1) is 26.8. The summed E-state index contributed by atoms with van der Waals surface area (Å²) in [6, 6.07) is 30.2. The Kier molecular flexibility index (Phi) is 8.79. The molecule has 4 aromatic rings. The van der Waals surface area contributed by atoms with Crippen LogP contribution in [0, 0.1) is 11.7 Å². The molecule has 5 heteroatoms. The monoisotopic (exact) mass is 522 g/mol. The van der Waals surface area contributed by atoms with Crippen LogP contribution in [-0.4, -0.2) is 54.7 Å². The number of aldehydes is 1. The van der Waals surface area contributed by atoms with Crippen LogP contribution in [0.5, 0.6) is 0 Å². The first-order valence-corrected chi connectivity index (χ1v) is 13.9. The molecule has 2 heterocycles. The summed E-state index contributed by atoms with van der Waals surface area (Å²) in [5, 5.41) is 2.16. The van der Waals surface area contributed by atoms with E-state index in [2.05, 4.69) is 17.0 Å². The van der Waals surface area contributed by atoms with Gasteiger partial charge in [-0.1, -0.05) is 78.9 Å². The summed E-state index contributed by atoms with van der Waals surface area (Å²) in [4.78, 5) is 27.8. The van der Waals surface area contributed by atoms with Gasteiger partial charge in [0.2, 0.25) is 0 Å². The number of hydrogen-bond acceptors (Lipinski definition) is 3. The maximum atomic E-state index is 13.2. The van der Waals surface area contributed by atoms with E-state index in [-0.39, 0.29) is 11.7 Å². The zero-order valence-electron chi connectivity index (χ0n) is 22.2. The summed E-state index contributed by atoms with van der Waals surface area (Å²) in [7, 11) is 0. The molecule has 0 bridgehead atoms. The molecule has 1 amide bonds. The van der Waals surface area contributed by atoms with E-state index in [1.807, 2.05) is 65.6 Å². The van der Waals surface area contributed by atoms with Gasteiger partial charge in [-0.2, -0.15) is 0 Å². The molecule has 4 aromatic carbocycles. The lowest BCUT2D eigenvalue weighted by molar-refractivity contribution is 0.0783. The average Bonchev–Trinajstić information content (AvgIpc) is 3.46. The molecule has 0 N–H and O–H groups in total. The molecule has 2 aliphatic rings. The van der Waals surface area contributed by atoms with Gasteiger partial charge in [0, 0.05) is 30.8 Å². The third-order valence-corrected chi connectivity index (χ3v) is 7.97. The SMILES string of the molecule is O=C(c1cccc2ccccc12)N1CC[C@H](CN2CCC(c3ccc(F)cc3)CC2)C1.O=Cc1ccccc1. The number of piperidine rings is 1. The van der Waals surface area contributed by atoms with Crippen LogP contribution >= 0.6 is 0 Å². The van der Waals surface area contributed by atoms with Gasteiger partial charge in [-0.3, -0.25) is 9.59 Å². The minimum Gasteiger partial charge on any atom is -0.338 e. The molecule has 2 aliphatic heterocycles. The van der Waals surface area contributed by atoms with Gasteiger partial charge in [-0.25, -0.2) is 4.39 Å². The normalized spacial score (nSPS) is 18.0. The number of carbonyl (C=O) groups excluding carboxylic acids is 2. The van der Waals surface area contributed by atoms with Crippen LogP contribution in [-0.2, 0) is 0 Å². The van der Waals surface area contributed by atoms with Crippen molar-refractivity contribution in [3.63, 3.8) is 0 Å². The summed E-state index contributed by atoms with van der Waals surface area (Å²) < 4.78 is 13.2. The van der Waals surface area contributed by atoms with E-state index >= 15 is 0 Å². The minimum atomic E-state index is -0.162. The molecule has 0 radical (unpaired) electrons. The molecule has 0 aliphatic carbocycles. The highest BCUT2D eigenvalue weighted by Gasteiger charge is 2.30. The van der Waals surface area contributed by atoms with Crippen molar-refractivity contribution in [1.82, 2.24) is 9.80 Å². The van der Waals surface area contributed by atoms with Gasteiger partial charge in [0.15, 0.2) is 0 Å². The maximum absolute atomic E-state index is 13.2. The molecule has 2 saturated heterocycles. The summed E-state index contributed by atoms with van der Waals surface area (Å²) in [5.41, 5.74) is 2.81. The number of likely N-dealkylation sites (tertiary alicyclic amines) is 2. The molecule has 0 aromatic heterocycles.